The van der Waals surface area contributed by atoms with Crippen molar-refractivity contribution in [3.8, 4) is 0 Å². The minimum Gasteiger partial charge on any atom is -0.351 e. The van der Waals surface area contributed by atoms with Crippen molar-refractivity contribution in [2.24, 2.45) is 11.3 Å². The quantitative estimate of drug-likeness (QED) is 0.846. The maximum Gasteiger partial charge on any atom is 0.228 e. The molecule has 1 saturated carbocycles. The summed E-state index contributed by atoms with van der Waals surface area (Å²) in [4.78, 5) is 13.8. The van der Waals surface area contributed by atoms with Crippen LogP contribution in [0.5, 0.6) is 0 Å². The fourth-order valence-electron chi connectivity index (χ4n) is 3.48. The molecule has 2 atom stereocenters. The number of thiophene rings is 1. The Morgan fingerprint density at radius 1 is 1.50 bits per heavy atom. The minimum atomic E-state index is -0.132. The number of carbonyl (C=O) groups excluding carboxylic acids is 1. The standard InChI is InChI=1S/C14H19BrN2OS.ClH/c15-12-5-4-11(19-12)8-17-13(18)14-6-2-1-3-10(14)7-16-9-14;/h4-5,10,16H,1-3,6-9H2,(H,17,18);1H/t10-,14+;/m0./s1. The van der Waals surface area contributed by atoms with Gasteiger partial charge < -0.3 is 10.6 Å². The number of hydrogen-bond donors (Lipinski definition) is 2. The van der Waals surface area contributed by atoms with Gasteiger partial charge in [0.05, 0.1) is 15.7 Å². The molecule has 2 aliphatic rings. The Morgan fingerprint density at radius 2 is 2.35 bits per heavy atom. The van der Waals surface area contributed by atoms with E-state index in [0.717, 1.165) is 23.3 Å². The van der Waals surface area contributed by atoms with E-state index in [9.17, 15) is 4.79 Å². The van der Waals surface area contributed by atoms with Crippen LogP contribution in [0.25, 0.3) is 0 Å². The van der Waals surface area contributed by atoms with Crippen LogP contribution in [0.4, 0.5) is 0 Å². The predicted molar refractivity (Wildman–Crippen MR) is 88.4 cm³/mol. The summed E-state index contributed by atoms with van der Waals surface area (Å²) in [6.07, 6.45) is 4.71. The van der Waals surface area contributed by atoms with Crippen LogP contribution in [0.1, 0.15) is 30.6 Å². The molecule has 2 fully saturated rings. The summed E-state index contributed by atoms with van der Waals surface area (Å²) in [6, 6.07) is 4.10. The van der Waals surface area contributed by atoms with E-state index in [4.69, 9.17) is 0 Å². The Hall–Kier alpha value is -0.100. The highest BCUT2D eigenvalue weighted by Gasteiger charge is 2.49. The summed E-state index contributed by atoms with van der Waals surface area (Å²) in [5.41, 5.74) is -0.132. The van der Waals surface area contributed by atoms with Crippen LogP contribution in [-0.4, -0.2) is 19.0 Å². The molecule has 1 amide bonds. The Kier molecular flexibility index (Phi) is 5.51. The average molecular weight is 380 g/mol. The first-order chi connectivity index (χ1) is 9.21. The molecule has 1 aromatic heterocycles. The van der Waals surface area contributed by atoms with E-state index in [2.05, 4.69) is 32.6 Å². The number of amides is 1. The lowest BCUT2D eigenvalue weighted by atomic mass is 9.67. The molecule has 1 aromatic rings. The Morgan fingerprint density at radius 3 is 3.10 bits per heavy atom. The van der Waals surface area contributed by atoms with Crippen LogP contribution in [-0.2, 0) is 11.3 Å². The molecule has 112 valence electrons. The van der Waals surface area contributed by atoms with E-state index in [1.807, 2.05) is 6.07 Å². The topological polar surface area (TPSA) is 41.1 Å². The van der Waals surface area contributed by atoms with E-state index >= 15 is 0 Å². The van der Waals surface area contributed by atoms with Crippen molar-refractivity contribution in [3.05, 3.63) is 20.8 Å². The van der Waals surface area contributed by atoms with Gasteiger partial charge >= 0.3 is 0 Å². The van der Waals surface area contributed by atoms with Crippen LogP contribution in [0.2, 0.25) is 0 Å². The van der Waals surface area contributed by atoms with Crippen molar-refractivity contribution in [1.29, 1.82) is 0 Å². The van der Waals surface area contributed by atoms with Gasteiger partial charge in [0.25, 0.3) is 0 Å². The second-order valence-electron chi connectivity index (χ2n) is 5.62. The summed E-state index contributed by atoms with van der Waals surface area (Å²) in [5.74, 6) is 0.794. The lowest BCUT2D eigenvalue weighted by Crippen LogP contribution is -2.47. The number of hydrogen-bond acceptors (Lipinski definition) is 3. The number of halogens is 2. The van der Waals surface area contributed by atoms with Crippen LogP contribution in [0, 0.1) is 11.3 Å². The van der Waals surface area contributed by atoms with Crippen molar-refractivity contribution in [1.82, 2.24) is 10.6 Å². The van der Waals surface area contributed by atoms with Crippen LogP contribution in [0.15, 0.2) is 15.9 Å². The van der Waals surface area contributed by atoms with E-state index in [1.54, 1.807) is 11.3 Å². The van der Waals surface area contributed by atoms with Gasteiger partial charge in [0.2, 0.25) is 5.91 Å². The van der Waals surface area contributed by atoms with Gasteiger partial charge in [-0.25, -0.2) is 0 Å². The predicted octanol–water partition coefficient (Wildman–Crippen LogP) is 3.33. The highest BCUT2D eigenvalue weighted by Crippen LogP contribution is 2.43. The van der Waals surface area contributed by atoms with Gasteiger partial charge in [-0.2, -0.15) is 0 Å². The number of rotatable bonds is 3. The summed E-state index contributed by atoms with van der Waals surface area (Å²) in [7, 11) is 0. The summed E-state index contributed by atoms with van der Waals surface area (Å²) < 4.78 is 1.12. The molecular weight excluding hydrogens is 360 g/mol. The van der Waals surface area contributed by atoms with Gasteiger partial charge in [-0.05, 0) is 53.4 Å². The molecule has 1 saturated heterocycles. The molecule has 6 heteroatoms. The zero-order valence-electron chi connectivity index (χ0n) is 11.3. The Bertz CT molecular complexity index is 481. The molecule has 3 rings (SSSR count). The zero-order chi connectivity index (χ0) is 13.3. The molecule has 0 bridgehead atoms. The monoisotopic (exact) mass is 378 g/mol. The van der Waals surface area contributed by atoms with Crippen LogP contribution < -0.4 is 10.6 Å². The Balaban J connectivity index is 0.00000147. The maximum absolute atomic E-state index is 12.6. The van der Waals surface area contributed by atoms with Crippen molar-refractivity contribution in [2.45, 2.75) is 32.2 Å². The molecule has 3 nitrogen and oxygen atoms in total. The first-order valence-corrected chi connectivity index (χ1v) is 8.55. The lowest BCUT2D eigenvalue weighted by molar-refractivity contribution is -0.134. The molecule has 0 spiro atoms. The van der Waals surface area contributed by atoms with Crippen molar-refractivity contribution in [2.75, 3.05) is 13.1 Å². The molecule has 0 unspecified atom stereocenters. The average Bonchev–Trinajstić information content (AvgIpc) is 3.02. The molecule has 1 aliphatic heterocycles. The molecule has 2 heterocycles. The third-order valence-corrected chi connectivity index (χ3v) is 6.17. The van der Waals surface area contributed by atoms with Gasteiger partial charge in [0.1, 0.15) is 0 Å². The van der Waals surface area contributed by atoms with E-state index in [0.29, 0.717) is 12.5 Å². The zero-order valence-corrected chi connectivity index (χ0v) is 14.5. The normalized spacial score (nSPS) is 28.6. The van der Waals surface area contributed by atoms with Gasteiger partial charge in [-0.3, -0.25) is 4.79 Å². The maximum atomic E-state index is 12.6. The Labute approximate surface area is 138 Å². The highest BCUT2D eigenvalue weighted by molar-refractivity contribution is 9.11. The largest absolute Gasteiger partial charge is 0.351 e. The number of nitrogens with one attached hydrogen (secondary N) is 2. The first-order valence-electron chi connectivity index (χ1n) is 6.94. The molecular formula is C14H20BrClN2OS. The van der Waals surface area contributed by atoms with Crippen molar-refractivity contribution in [3.63, 3.8) is 0 Å². The minimum absolute atomic E-state index is 0. The van der Waals surface area contributed by atoms with Crippen molar-refractivity contribution < 1.29 is 4.79 Å². The fraction of sp³-hybridized carbons (Fsp3) is 0.643. The van der Waals surface area contributed by atoms with Crippen LogP contribution >= 0.6 is 39.7 Å². The summed E-state index contributed by atoms with van der Waals surface area (Å²) >= 11 is 5.14. The third kappa shape index (κ3) is 3.06. The van der Waals surface area contributed by atoms with Gasteiger partial charge in [-0.15, -0.1) is 23.7 Å². The second kappa shape index (κ2) is 6.77. The first kappa shape index (κ1) is 16.3. The molecule has 0 aromatic carbocycles. The highest BCUT2D eigenvalue weighted by atomic mass is 79.9. The number of fused-ring (bicyclic) bond motifs is 1. The van der Waals surface area contributed by atoms with Gasteiger partial charge in [-0.1, -0.05) is 12.8 Å². The van der Waals surface area contributed by atoms with Gasteiger partial charge in [0.15, 0.2) is 0 Å². The summed E-state index contributed by atoms with van der Waals surface area (Å²) in [5, 5.41) is 6.58. The number of carbonyl (C=O) groups is 1. The SMILES string of the molecule is Cl.O=C(NCc1ccc(Br)s1)[C@@]12CCCC[C@H]1CNC2. The van der Waals surface area contributed by atoms with E-state index in [-0.39, 0.29) is 23.7 Å². The van der Waals surface area contributed by atoms with E-state index < -0.39 is 0 Å². The smallest absolute Gasteiger partial charge is 0.228 e. The molecule has 20 heavy (non-hydrogen) atoms. The third-order valence-electron chi connectivity index (χ3n) is 4.54. The van der Waals surface area contributed by atoms with Crippen LogP contribution in [0.3, 0.4) is 0 Å². The second-order valence-corrected chi connectivity index (χ2v) is 8.17. The van der Waals surface area contributed by atoms with E-state index in [1.165, 1.54) is 24.1 Å². The fourth-order valence-corrected chi connectivity index (χ4v) is 4.90. The lowest BCUT2D eigenvalue weighted by Gasteiger charge is -2.37. The molecule has 2 N–H and O–H groups in total. The molecule has 0 radical (unpaired) electrons. The summed E-state index contributed by atoms with van der Waals surface area (Å²) in [6.45, 7) is 2.53. The van der Waals surface area contributed by atoms with Gasteiger partial charge in [0, 0.05) is 11.4 Å². The molecule has 1 aliphatic carbocycles. The van der Waals surface area contributed by atoms with Crippen molar-refractivity contribution >= 4 is 45.6 Å².